The Hall–Kier alpha value is -2.00. The molecule has 0 spiro atoms. The van der Waals surface area contributed by atoms with Crippen LogP contribution in [0.4, 0.5) is 18.9 Å². The standard InChI is InChI=1S/C21H32F3N5O/c1-3-25-20(29-10-8-27(9-11-29)17(2)21(22,23)24)26-16-18-4-6-19(7-5-18)28-12-14-30-15-13-28/h4-7,17H,3,8-16H2,1-2H3,(H,25,26). The number of hydrogen-bond donors (Lipinski definition) is 1. The van der Waals surface area contributed by atoms with E-state index in [2.05, 4.69) is 34.5 Å². The first-order valence-corrected chi connectivity index (χ1v) is 10.6. The second-order valence-corrected chi connectivity index (χ2v) is 7.68. The van der Waals surface area contributed by atoms with E-state index in [1.807, 2.05) is 11.8 Å². The number of alkyl halides is 3. The van der Waals surface area contributed by atoms with E-state index in [-0.39, 0.29) is 0 Å². The number of ether oxygens (including phenoxy) is 1. The molecule has 30 heavy (non-hydrogen) atoms. The maximum atomic E-state index is 13.0. The summed E-state index contributed by atoms with van der Waals surface area (Å²) in [6, 6.07) is 6.98. The molecule has 2 aliphatic rings. The summed E-state index contributed by atoms with van der Waals surface area (Å²) < 4.78 is 44.3. The number of nitrogens with zero attached hydrogens (tertiary/aromatic N) is 4. The maximum Gasteiger partial charge on any atom is 0.403 e. The molecule has 0 amide bonds. The molecule has 0 bridgehead atoms. The molecule has 1 atom stereocenters. The molecule has 1 aromatic rings. The van der Waals surface area contributed by atoms with Crippen molar-refractivity contribution in [3.8, 4) is 0 Å². The fourth-order valence-electron chi connectivity index (χ4n) is 3.75. The molecule has 1 aromatic carbocycles. The minimum absolute atomic E-state index is 0.374. The minimum Gasteiger partial charge on any atom is -0.378 e. The number of hydrogen-bond acceptors (Lipinski definition) is 4. The fraction of sp³-hybridized carbons (Fsp3) is 0.667. The van der Waals surface area contributed by atoms with E-state index < -0.39 is 12.2 Å². The lowest BCUT2D eigenvalue weighted by Crippen LogP contribution is -2.56. The predicted octanol–water partition coefficient (Wildman–Crippen LogP) is 2.56. The van der Waals surface area contributed by atoms with Crippen molar-refractivity contribution < 1.29 is 17.9 Å². The SMILES string of the molecule is CCNC(=NCc1ccc(N2CCOCC2)cc1)N1CCN(C(C)C(F)(F)F)CC1. The Kier molecular flexibility index (Phi) is 7.82. The molecule has 2 heterocycles. The molecular formula is C21H32F3N5O. The fourth-order valence-corrected chi connectivity index (χ4v) is 3.75. The smallest absolute Gasteiger partial charge is 0.378 e. The molecule has 0 aliphatic carbocycles. The predicted molar refractivity (Wildman–Crippen MR) is 113 cm³/mol. The Labute approximate surface area is 176 Å². The Morgan fingerprint density at radius 1 is 1.07 bits per heavy atom. The lowest BCUT2D eigenvalue weighted by atomic mass is 10.2. The van der Waals surface area contributed by atoms with Gasteiger partial charge in [-0.2, -0.15) is 13.2 Å². The van der Waals surface area contributed by atoms with Crippen molar-refractivity contribution in [3.05, 3.63) is 29.8 Å². The highest BCUT2D eigenvalue weighted by Gasteiger charge is 2.41. The van der Waals surface area contributed by atoms with Crippen LogP contribution in [-0.4, -0.2) is 87.0 Å². The lowest BCUT2D eigenvalue weighted by Gasteiger charge is -2.39. The third-order valence-corrected chi connectivity index (χ3v) is 5.69. The van der Waals surface area contributed by atoms with Gasteiger partial charge in [-0.1, -0.05) is 12.1 Å². The highest BCUT2D eigenvalue weighted by molar-refractivity contribution is 5.80. The van der Waals surface area contributed by atoms with Crippen LogP contribution in [0.1, 0.15) is 19.4 Å². The summed E-state index contributed by atoms with van der Waals surface area (Å²) in [5.41, 5.74) is 2.29. The van der Waals surface area contributed by atoms with Crippen LogP contribution in [0, 0.1) is 0 Å². The average Bonchev–Trinajstić information content (AvgIpc) is 2.76. The summed E-state index contributed by atoms with van der Waals surface area (Å²) in [5.74, 6) is 0.758. The van der Waals surface area contributed by atoms with E-state index in [9.17, 15) is 13.2 Å². The summed E-state index contributed by atoms with van der Waals surface area (Å²) in [4.78, 5) is 10.6. The second-order valence-electron chi connectivity index (χ2n) is 7.68. The van der Waals surface area contributed by atoms with Crippen molar-refractivity contribution in [2.24, 2.45) is 4.99 Å². The molecule has 1 N–H and O–H groups in total. The number of guanidine groups is 1. The van der Waals surface area contributed by atoms with Crippen LogP contribution < -0.4 is 10.2 Å². The van der Waals surface area contributed by atoms with Crippen molar-refractivity contribution >= 4 is 11.6 Å². The zero-order valence-electron chi connectivity index (χ0n) is 17.8. The Bertz CT molecular complexity index is 681. The summed E-state index contributed by atoms with van der Waals surface area (Å²) in [6.45, 7) is 9.61. The van der Waals surface area contributed by atoms with Crippen LogP contribution in [-0.2, 0) is 11.3 Å². The Morgan fingerprint density at radius 3 is 2.27 bits per heavy atom. The van der Waals surface area contributed by atoms with Gasteiger partial charge in [0.15, 0.2) is 5.96 Å². The number of rotatable bonds is 5. The van der Waals surface area contributed by atoms with Crippen LogP contribution in [0.3, 0.4) is 0 Å². The number of benzene rings is 1. The molecule has 0 saturated carbocycles. The van der Waals surface area contributed by atoms with Gasteiger partial charge in [0.2, 0.25) is 0 Å². The van der Waals surface area contributed by atoms with Crippen molar-refractivity contribution in [1.29, 1.82) is 0 Å². The Morgan fingerprint density at radius 2 is 1.70 bits per heavy atom. The van der Waals surface area contributed by atoms with E-state index >= 15 is 0 Å². The highest BCUT2D eigenvalue weighted by Crippen LogP contribution is 2.25. The molecule has 0 aromatic heterocycles. The monoisotopic (exact) mass is 427 g/mol. The Balaban J connectivity index is 1.57. The van der Waals surface area contributed by atoms with Gasteiger partial charge in [-0.25, -0.2) is 4.99 Å². The number of piperazine rings is 1. The molecule has 6 nitrogen and oxygen atoms in total. The summed E-state index contributed by atoms with van der Waals surface area (Å²) in [6.07, 6.45) is -4.19. The van der Waals surface area contributed by atoms with Gasteiger partial charge in [0.25, 0.3) is 0 Å². The van der Waals surface area contributed by atoms with Gasteiger partial charge >= 0.3 is 6.18 Å². The largest absolute Gasteiger partial charge is 0.403 e. The van der Waals surface area contributed by atoms with Crippen LogP contribution in [0.25, 0.3) is 0 Å². The van der Waals surface area contributed by atoms with E-state index in [4.69, 9.17) is 9.73 Å². The number of halogens is 3. The lowest BCUT2D eigenvalue weighted by molar-refractivity contribution is -0.181. The van der Waals surface area contributed by atoms with E-state index in [0.29, 0.717) is 39.3 Å². The van der Waals surface area contributed by atoms with E-state index in [0.717, 1.165) is 37.8 Å². The van der Waals surface area contributed by atoms with Crippen LogP contribution in [0.2, 0.25) is 0 Å². The molecule has 168 valence electrons. The third kappa shape index (κ3) is 6.01. The zero-order chi connectivity index (χ0) is 21.6. The molecule has 2 fully saturated rings. The second kappa shape index (κ2) is 10.3. The maximum absolute atomic E-state index is 13.0. The molecule has 3 rings (SSSR count). The van der Waals surface area contributed by atoms with Crippen molar-refractivity contribution in [1.82, 2.24) is 15.1 Å². The normalized spacial score (nSPS) is 20.4. The first-order valence-electron chi connectivity index (χ1n) is 10.6. The van der Waals surface area contributed by atoms with E-state index in [1.165, 1.54) is 17.5 Å². The molecule has 0 radical (unpaired) electrons. The minimum atomic E-state index is -4.19. The number of anilines is 1. The highest BCUT2D eigenvalue weighted by atomic mass is 19.4. The van der Waals surface area contributed by atoms with Crippen molar-refractivity contribution in [2.75, 3.05) is 63.9 Å². The van der Waals surface area contributed by atoms with Gasteiger partial charge in [-0.05, 0) is 31.5 Å². The summed E-state index contributed by atoms with van der Waals surface area (Å²) in [5, 5.41) is 3.27. The molecular weight excluding hydrogens is 395 g/mol. The molecule has 2 saturated heterocycles. The molecule has 1 unspecified atom stereocenters. The number of morpholine rings is 1. The van der Waals surface area contributed by atoms with Crippen LogP contribution in [0.5, 0.6) is 0 Å². The quantitative estimate of drug-likeness (QED) is 0.578. The van der Waals surface area contributed by atoms with Gasteiger partial charge in [-0.15, -0.1) is 0 Å². The average molecular weight is 428 g/mol. The van der Waals surface area contributed by atoms with Crippen molar-refractivity contribution in [3.63, 3.8) is 0 Å². The number of aliphatic imine (C=N–C) groups is 1. The van der Waals surface area contributed by atoms with Gasteiger partial charge < -0.3 is 19.9 Å². The van der Waals surface area contributed by atoms with Gasteiger partial charge in [0.05, 0.1) is 19.8 Å². The first-order chi connectivity index (χ1) is 14.4. The van der Waals surface area contributed by atoms with E-state index in [1.54, 1.807) is 0 Å². The zero-order valence-corrected chi connectivity index (χ0v) is 17.8. The van der Waals surface area contributed by atoms with Crippen LogP contribution in [0.15, 0.2) is 29.3 Å². The summed E-state index contributed by atoms with van der Waals surface area (Å²) in [7, 11) is 0. The third-order valence-electron chi connectivity index (χ3n) is 5.69. The van der Waals surface area contributed by atoms with Crippen molar-refractivity contribution in [2.45, 2.75) is 32.6 Å². The topological polar surface area (TPSA) is 43.3 Å². The van der Waals surface area contributed by atoms with Crippen LogP contribution >= 0.6 is 0 Å². The molecule has 9 heteroatoms. The summed E-state index contributed by atoms with van der Waals surface area (Å²) >= 11 is 0. The molecule has 2 aliphatic heterocycles. The van der Waals surface area contributed by atoms with Gasteiger partial charge in [0.1, 0.15) is 6.04 Å². The van der Waals surface area contributed by atoms with Gasteiger partial charge in [-0.3, -0.25) is 4.90 Å². The first kappa shape index (κ1) is 22.7. The number of nitrogens with one attached hydrogen (secondary N) is 1. The van der Waals surface area contributed by atoms with Gasteiger partial charge in [0, 0.05) is 51.5 Å².